The number of hydrogen-bond acceptors (Lipinski definition) is 4. The van der Waals surface area contributed by atoms with E-state index in [2.05, 4.69) is 4.74 Å². The number of nitro benzene ring substituents is 1. The molecule has 0 radical (unpaired) electrons. The maximum absolute atomic E-state index is 11.3. The van der Waals surface area contributed by atoms with Gasteiger partial charge in [0.25, 0.3) is 5.69 Å². The lowest BCUT2D eigenvalue weighted by atomic mass is 10.1. The average molecular weight is 264 g/mol. The van der Waals surface area contributed by atoms with Crippen molar-refractivity contribution in [3.05, 3.63) is 37.4 Å². The van der Waals surface area contributed by atoms with Gasteiger partial charge in [-0.25, -0.2) is 4.79 Å². The standard InChI is InChI=1S/C9H7Cl2NO4/c1-4-7(10)5(9(13)16-2)3-6(8(4)11)12(14)15/h3H,1-2H3. The molecule has 0 aromatic heterocycles. The number of hydrogen-bond donors (Lipinski definition) is 0. The molecule has 1 rings (SSSR count). The lowest BCUT2D eigenvalue weighted by Gasteiger charge is -2.07. The summed E-state index contributed by atoms with van der Waals surface area (Å²) in [6, 6.07) is 1.00. The number of halogens is 2. The highest BCUT2D eigenvalue weighted by atomic mass is 35.5. The van der Waals surface area contributed by atoms with Crippen molar-refractivity contribution in [2.45, 2.75) is 6.92 Å². The van der Waals surface area contributed by atoms with Crippen LogP contribution in [0, 0.1) is 17.0 Å². The minimum absolute atomic E-state index is 0.0578. The first-order valence-corrected chi connectivity index (χ1v) is 4.87. The number of methoxy groups -OCH3 is 1. The molecule has 0 saturated heterocycles. The molecule has 0 aliphatic rings. The zero-order valence-corrected chi connectivity index (χ0v) is 9.93. The topological polar surface area (TPSA) is 69.4 Å². The first kappa shape index (κ1) is 12.7. The Balaban J connectivity index is 3.53. The van der Waals surface area contributed by atoms with Crippen LogP contribution in [0.25, 0.3) is 0 Å². The number of ether oxygens (including phenoxy) is 1. The summed E-state index contributed by atoms with van der Waals surface area (Å²) in [6.07, 6.45) is 0. The van der Waals surface area contributed by atoms with Gasteiger partial charge in [-0.3, -0.25) is 10.1 Å². The van der Waals surface area contributed by atoms with E-state index in [1.807, 2.05) is 0 Å². The van der Waals surface area contributed by atoms with E-state index in [-0.39, 0.29) is 26.9 Å². The van der Waals surface area contributed by atoms with Crippen LogP contribution < -0.4 is 0 Å². The Morgan fingerprint density at radius 3 is 2.44 bits per heavy atom. The summed E-state index contributed by atoms with van der Waals surface area (Å²) >= 11 is 11.6. The second kappa shape index (κ2) is 4.67. The third kappa shape index (κ3) is 2.10. The van der Waals surface area contributed by atoms with Gasteiger partial charge < -0.3 is 4.74 Å². The van der Waals surface area contributed by atoms with Gasteiger partial charge in [-0.1, -0.05) is 23.2 Å². The van der Waals surface area contributed by atoms with E-state index in [0.717, 1.165) is 13.2 Å². The average Bonchev–Trinajstić information content (AvgIpc) is 2.25. The van der Waals surface area contributed by atoms with Crippen molar-refractivity contribution < 1.29 is 14.5 Å². The molecule has 0 amide bonds. The van der Waals surface area contributed by atoms with Gasteiger partial charge in [0.05, 0.1) is 22.6 Å². The highest BCUT2D eigenvalue weighted by Gasteiger charge is 2.23. The number of rotatable bonds is 2. The van der Waals surface area contributed by atoms with Crippen molar-refractivity contribution in [3.8, 4) is 0 Å². The molecule has 0 spiro atoms. The van der Waals surface area contributed by atoms with Crippen LogP contribution in [0.4, 0.5) is 5.69 Å². The fraction of sp³-hybridized carbons (Fsp3) is 0.222. The van der Waals surface area contributed by atoms with Gasteiger partial charge in [0.2, 0.25) is 0 Å². The van der Waals surface area contributed by atoms with E-state index in [1.54, 1.807) is 0 Å². The Bertz CT molecular complexity index is 473. The zero-order valence-electron chi connectivity index (χ0n) is 8.41. The first-order chi connectivity index (χ1) is 7.40. The Labute approximate surface area is 101 Å². The largest absolute Gasteiger partial charge is 0.465 e. The molecule has 0 unspecified atom stereocenters. The van der Waals surface area contributed by atoms with Gasteiger partial charge in [0.1, 0.15) is 5.02 Å². The number of benzene rings is 1. The number of nitro groups is 1. The van der Waals surface area contributed by atoms with Crippen LogP contribution in [0.3, 0.4) is 0 Å². The van der Waals surface area contributed by atoms with Crippen LogP contribution in [0.5, 0.6) is 0 Å². The summed E-state index contributed by atoms with van der Waals surface area (Å²) < 4.78 is 4.46. The smallest absolute Gasteiger partial charge is 0.339 e. The molecule has 0 saturated carbocycles. The lowest BCUT2D eigenvalue weighted by molar-refractivity contribution is -0.384. The van der Waals surface area contributed by atoms with Gasteiger partial charge in [-0.2, -0.15) is 0 Å². The monoisotopic (exact) mass is 263 g/mol. The number of carbonyl (C=O) groups is 1. The van der Waals surface area contributed by atoms with Crippen LogP contribution >= 0.6 is 23.2 Å². The maximum atomic E-state index is 11.3. The van der Waals surface area contributed by atoms with Gasteiger partial charge >= 0.3 is 5.97 Å². The summed E-state index contributed by atoms with van der Waals surface area (Å²) in [4.78, 5) is 21.3. The van der Waals surface area contributed by atoms with Crippen LogP contribution in [0.1, 0.15) is 15.9 Å². The van der Waals surface area contributed by atoms with E-state index in [9.17, 15) is 14.9 Å². The molecule has 16 heavy (non-hydrogen) atoms. The van der Waals surface area contributed by atoms with Gasteiger partial charge in [-0.05, 0) is 12.5 Å². The molecule has 1 aromatic carbocycles. The highest BCUT2D eigenvalue weighted by molar-refractivity contribution is 6.39. The first-order valence-electron chi connectivity index (χ1n) is 4.11. The molecular weight excluding hydrogens is 257 g/mol. The van der Waals surface area contributed by atoms with Crippen molar-refractivity contribution in [3.63, 3.8) is 0 Å². The Morgan fingerprint density at radius 2 is 2.00 bits per heavy atom. The highest BCUT2D eigenvalue weighted by Crippen LogP contribution is 2.35. The lowest BCUT2D eigenvalue weighted by Crippen LogP contribution is -2.05. The van der Waals surface area contributed by atoms with Crippen molar-refractivity contribution >= 4 is 34.9 Å². The summed E-state index contributed by atoms with van der Waals surface area (Å²) in [5.74, 6) is -0.743. The minimum Gasteiger partial charge on any atom is -0.465 e. The second-order valence-electron chi connectivity index (χ2n) is 2.94. The van der Waals surface area contributed by atoms with E-state index in [0.29, 0.717) is 0 Å². The molecular formula is C9H7Cl2NO4. The summed E-state index contributed by atoms with van der Waals surface area (Å²) in [5.41, 5.74) is -0.167. The summed E-state index contributed by atoms with van der Waals surface area (Å²) in [5, 5.41) is 10.7. The molecule has 1 aromatic rings. The molecule has 0 atom stereocenters. The van der Waals surface area contributed by atoms with E-state index in [4.69, 9.17) is 23.2 Å². The van der Waals surface area contributed by atoms with Crippen LogP contribution in [0.2, 0.25) is 10.0 Å². The number of esters is 1. The molecule has 5 nitrogen and oxygen atoms in total. The van der Waals surface area contributed by atoms with Gasteiger partial charge in [0.15, 0.2) is 0 Å². The van der Waals surface area contributed by atoms with Gasteiger partial charge in [0, 0.05) is 6.07 Å². The van der Waals surface area contributed by atoms with Crippen LogP contribution in [-0.2, 0) is 4.74 Å². The zero-order chi connectivity index (χ0) is 12.5. The van der Waals surface area contributed by atoms with Crippen LogP contribution in [0.15, 0.2) is 6.07 Å². The van der Waals surface area contributed by atoms with Crippen molar-refractivity contribution in [1.82, 2.24) is 0 Å². The van der Waals surface area contributed by atoms with E-state index in [1.165, 1.54) is 6.92 Å². The fourth-order valence-electron chi connectivity index (χ4n) is 1.15. The maximum Gasteiger partial charge on any atom is 0.339 e. The third-order valence-corrected chi connectivity index (χ3v) is 2.97. The van der Waals surface area contributed by atoms with E-state index >= 15 is 0 Å². The predicted octanol–water partition coefficient (Wildman–Crippen LogP) is 3.00. The predicted molar refractivity (Wildman–Crippen MR) is 59.2 cm³/mol. The van der Waals surface area contributed by atoms with Crippen molar-refractivity contribution in [1.29, 1.82) is 0 Å². The molecule has 0 bridgehead atoms. The molecule has 86 valence electrons. The normalized spacial score (nSPS) is 10.0. The Morgan fingerprint density at radius 1 is 1.44 bits per heavy atom. The number of nitrogens with zero attached hydrogens (tertiary/aromatic N) is 1. The SMILES string of the molecule is COC(=O)c1cc([N+](=O)[O-])c(Cl)c(C)c1Cl. The molecule has 0 heterocycles. The minimum atomic E-state index is -0.743. The van der Waals surface area contributed by atoms with Crippen molar-refractivity contribution in [2.24, 2.45) is 0 Å². The quantitative estimate of drug-likeness (QED) is 0.467. The fourth-order valence-corrected chi connectivity index (χ4v) is 1.64. The number of carbonyl (C=O) groups excluding carboxylic acids is 1. The molecule has 0 fully saturated rings. The van der Waals surface area contributed by atoms with Crippen LogP contribution in [-0.4, -0.2) is 18.0 Å². The molecule has 7 heteroatoms. The Kier molecular flexibility index (Phi) is 3.72. The second-order valence-corrected chi connectivity index (χ2v) is 3.70. The van der Waals surface area contributed by atoms with Crippen molar-refractivity contribution in [2.75, 3.05) is 7.11 Å². The third-order valence-electron chi connectivity index (χ3n) is 2.00. The molecule has 0 aliphatic carbocycles. The summed E-state index contributed by atoms with van der Waals surface area (Å²) in [7, 11) is 1.16. The Hall–Kier alpha value is -1.33. The molecule has 0 N–H and O–H groups in total. The van der Waals surface area contributed by atoms with E-state index < -0.39 is 10.9 Å². The van der Waals surface area contributed by atoms with Gasteiger partial charge in [-0.15, -0.1) is 0 Å². The summed E-state index contributed by atoms with van der Waals surface area (Å²) in [6.45, 7) is 1.49. The molecule has 0 aliphatic heterocycles.